The van der Waals surface area contributed by atoms with Crippen molar-refractivity contribution < 1.29 is 9.90 Å². The van der Waals surface area contributed by atoms with E-state index in [4.69, 9.17) is 22.0 Å². The van der Waals surface area contributed by atoms with Crippen molar-refractivity contribution >= 4 is 11.9 Å². The van der Waals surface area contributed by atoms with Crippen LogP contribution in [0.5, 0.6) is 0 Å². The molecule has 0 spiro atoms. The molecule has 0 rings (SSSR count). The summed E-state index contributed by atoms with van der Waals surface area (Å²) in [6, 6.07) is -0.716. The Bertz CT molecular complexity index is 169. The summed E-state index contributed by atoms with van der Waals surface area (Å²) in [5.41, 5.74) is 19.4. The highest BCUT2D eigenvalue weighted by molar-refractivity contribution is 5.72. The van der Waals surface area contributed by atoms with Crippen LogP contribution in [-0.4, -0.2) is 29.6 Å². The molecule has 84 valence electrons. The van der Waals surface area contributed by atoms with Gasteiger partial charge in [0.1, 0.15) is 6.04 Å². The number of unbranched alkanes of at least 4 members (excludes halogenated alkanes) is 1. The van der Waals surface area contributed by atoms with Gasteiger partial charge in [-0.1, -0.05) is 6.42 Å². The quantitative estimate of drug-likeness (QED) is 0.179. The van der Waals surface area contributed by atoms with E-state index in [0.717, 1.165) is 12.8 Å². The Hall–Kier alpha value is -1.34. The van der Waals surface area contributed by atoms with Gasteiger partial charge in [0, 0.05) is 0 Å². The maximum Gasteiger partial charge on any atom is 0.320 e. The molecule has 0 heterocycles. The van der Waals surface area contributed by atoms with Crippen LogP contribution in [0.15, 0.2) is 0 Å². The van der Waals surface area contributed by atoms with E-state index >= 15 is 0 Å². The number of aliphatic carboxylic acids is 1. The first-order chi connectivity index (χ1) is 6.41. The monoisotopic (exact) mass is 205 g/mol. The fourth-order valence-corrected chi connectivity index (χ4v) is 0.632. The highest BCUT2D eigenvalue weighted by Crippen LogP contribution is 1.96. The predicted octanol–water partition coefficient (Wildman–Crippen LogP) is -1.63. The van der Waals surface area contributed by atoms with E-state index in [1.807, 2.05) is 0 Å². The van der Waals surface area contributed by atoms with Gasteiger partial charge in [0.05, 0.1) is 0 Å². The van der Waals surface area contributed by atoms with Gasteiger partial charge in [-0.15, -0.1) is 0 Å². The van der Waals surface area contributed by atoms with Gasteiger partial charge in [0.25, 0.3) is 0 Å². The fourth-order valence-electron chi connectivity index (χ4n) is 0.632. The normalized spacial score (nSPS) is 11.0. The Morgan fingerprint density at radius 2 is 1.79 bits per heavy atom. The molecule has 0 amide bonds. The molecule has 0 aromatic carbocycles. The molecule has 0 aliphatic carbocycles. The minimum Gasteiger partial charge on any atom is -0.480 e. The van der Waals surface area contributed by atoms with Gasteiger partial charge in [-0.05, 0) is 19.4 Å². The Morgan fingerprint density at radius 1 is 1.36 bits per heavy atom. The fraction of sp³-hybridized carbons (Fsp3) is 0.714. The molecule has 0 aromatic heterocycles. The lowest BCUT2D eigenvalue weighted by atomic mass is 10.1. The lowest BCUT2D eigenvalue weighted by Crippen LogP contribution is -2.29. The number of nitrogens with two attached hydrogens (primary N) is 4. The van der Waals surface area contributed by atoms with Crippen molar-refractivity contribution in [2.24, 2.45) is 22.9 Å². The number of nitrogens with one attached hydrogen (secondary N) is 1. The smallest absolute Gasteiger partial charge is 0.320 e. The van der Waals surface area contributed by atoms with Gasteiger partial charge in [-0.25, -0.2) is 0 Å². The van der Waals surface area contributed by atoms with Crippen molar-refractivity contribution in [3.8, 4) is 0 Å². The molecule has 0 fully saturated rings. The van der Waals surface area contributed by atoms with Crippen molar-refractivity contribution in [1.29, 1.82) is 5.41 Å². The second-order valence-corrected chi connectivity index (χ2v) is 2.68. The van der Waals surface area contributed by atoms with Crippen LogP contribution in [0.4, 0.5) is 0 Å². The second-order valence-electron chi connectivity index (χ2n) is 2.68. The molecule has 0 saturated heterocycles. The number of carboxylic acids is 1. The van der Waals surface area contributed by atoms with Crippen LogP contribution in [0, 0.1) is 5.41 Å². The lowest BCUT2D eigenvalue weighted by Gasteiger charge is -2.03. The first kappa shape index (κ1) is 15.1. The molecule has 1 atom stereocenters. The minimum absolute atomic E-state index is 0.333. The third-order valence-electron chi connectivity index (χ3n) is 1.29. The molecular formula is C7H19N5O2. The zero-order chi connectivity index (χ0) is 11.6. The largest absolute Gasteiger partial charge is 0.480 e. The standard InChI is InChI=1S/C6H14N2O2.CH5N3/c7-4-2-1-3-5(8)6(9)10;2-1(3)4/h5H,1-4,7-8H2,(H,9,10);(H5,2,3,4)/t5-;/m0./s1. The molecule has 14 heavy (non-hydrogen) atoms. The summed E-state index contributed by atoms with van der Waals surface area (Å²) in [5, 5.41) is 14.4. The van der Waals surface area contributed by atoms with Gasteiger partial charge in [-0.3, -0.25) is 10.2 Å². The lowest BCUT2D eigenvalue weighted by molar-refractivity contribution is -0.138. The number of guanidine groups is 1. The van der Waals surface area contributed by atoms with Crippen molar-refractivity contribution in [1.82, 2.24) is 0 Å². The summed E-state index contributed by atoms with van der Waals surface area (Å²) >= 11 is 0. The number of carbonyl (C=O) groups is 1. The molecule has 0 aliphatic heterocycles. The molecule has 10 N–H and O–H groups in total. The molecule has 7 nitrogen and oxygen atoms in total. The first-order valence-corrected chi connectivity index (χ1v) is 4.19. The highest BCUT2D eigenvalue weighted by atomic mass is 16.4. The maximum absolute atomic E-state index is 10.1. The van der Waals surface area contributed by atoms with Crippen molar-refractivity contribution in [2.75, 3.05) is 6.54 Å². The zero-order valence-corrected chi connectivity index (χ0v) is 8.07. The summed E-state index contributed by atoms with van der Waals surface area (Å²) < 4.78 is 0. The van der Waals surface area contributed by atoms with E-state index in [1.165, 1.54) is 0 Å². The Balaban J connectivity index is 0. The maximum atomic E-state index is 10.1. The molecule has 7 heteroatoms. The second kappa shape index (κ2) is 9.75. The van der Waals surface area contributed by atoms with Gasteiger partial charge >= 0.3 is 5.97 Å². The molecule has 0 bridgehead atoms. The number of carboxylic acid groups (broad SMARTS) is 1. The minimum atomic E-state index is -0.933. The van der Waals surface area contributed by atoms with Crippen molar-refractivity contribution in [3.05, 3.63) is 0 Å². The van der Waals surface area contributed by atoms with E-state index in [-0.39, 0.29) is 5.96 Å². The van der Waals surface area contributed by atoms with Crippen LogP contribution >= 0.6 is 0 Å². The number of rotatable bonds is 5. The highest BCUT2D eigenvalue weighted by Gasteiger charge is 2.09. The molecule has 0 saturated carbocycles. The van der Waals surface area contributed by atoms with Crippen LogP contribution in [0.1, 0.15) is 19.3 Å². The van der Waals surface area contributed by atoms with Crippen LogP contribution in [0.25, 0.3) is 0 Å². The Morgan fingerprint density at radius 3 is 2.07 bits per heavy atom. The molecule has 0 aliphatic rings. The van der Waals surface area contributed by atoms with Crippen LogP contribution < -0.4 is 22.9 Å². The number of hydrogen-bond donors (Lipinski definition) is 6. The van der Waals surface area contributed by atoms with Crippen LogP contribution in [0.3, 0.4) is 0 Å². The van der Waals surface area contributed by atoms with Gasteiger partial charge < -0.3 is 28.0 Å². The van der Waals surface area contributed by atoms with E-state index < -0.39 is 12.0 Å². The number of hydrogen-bond acceptors (Lipinski definition) is 4. The molecular weight excluding hydrogens is 186 g/mol. The summed E-state index contributed by atoms with van der Waals surface area (Å²) in [4.78, 5) is 10.1. The topological polar surface area (TPSA) is 165 Å². The molecule has 0 unspecified atom stereocenters. The summed E-state index contributed by atoms with van der Waals surface area (Å²) in [5.74, 6) is -1.27. The summed E-state index contributed by atoms with van der Waals surface area (Å²) in [7, 11) is 0. The van der Waals surface area contributed by atoms with E-state index in [9.17, 15) is 4.79 Å². The van der Waals surface area contributed by atoms with E-state index in [1.54, 1.807) is 0 Å². The third kappa shape index (κ3) is 17.0. The average molecular weight is 205 g/mol. The van der Waals surface area contributed by atoms with Crippen molar-refractivity contribution in [2.45, 2.75) is 25.3 Å². The van der Waals surface area contributed by atoms with Gasteiger partial charge in [0.15, 0.2) is 5.96 Å². The zero-order valence-electron chi connectivity index (χ0n) is 8.07. The molecule has 0 aromatic rings. The van der Waals surface area contributed by atoms with Crippen molar-refractivity contribution in [3.63, 3.8) is 0 Å². The SMILES string of the molecule is N=C(N)N.NCCCC[C@H](N)C(=O)O. The predicted molar refractivity (Wildman–Crippen MR) is 54.6 cm³/mol. The van der Waals surface area contributed by atoms with Crippen LogP contribution in [-0.2, 0) is 4.79 Å². The van der Waals surface area contributed by atoms with E-state index in [0.29, 0.717) is 13.0 Å². The van der Waals surface area contributed by atoms with E-state index in [2.05, 4.69) is 11.5 Å². The Kier molecular flexibility index (Phi) is 10.5. The van der Waals surface area contributed by atoms with Crippen LogP contribution in [0.2, 0.25) is 0 Å². The first-order valence-electron chi connectivity index (χ1n) is 4.19. The molecule has 0 radical (unpaired) electrons. The Labute approximate surface area is 82.9 Å². The third-order valence-corrected chi connectivity index (χ3v) is 1.29. The average Bonchev–Trinajstić information content (AvgIpc) is 2.03. The summed E-state index contributed by atoms with van der Waals surface area (Å²) in [6.45, 7) is 0.604. The summed E-state index contributed by atoms with van der Waals surface area (Å²) in [6.07, 6.45) is 2.16. The van der Waals surface area contributed by atoms with Gasteiger partial charge in [-0.2, -0.15) is 0 Å². The van der Waals surface area contributed by atoms with Gasteiger partial charge in [0.2, 0.25) is 0 Å².